The summed E-state index contributed by atoms with van der Waals surface area (Å²) < 4.78 is 58.9. The van der Waals surface area contributed by atoms with Crippen molar-refractivity contribution in [3.8, 4) is 0 Å². The predicted molar refractivity (Wildman–Crippen MR) is 139 cm³/mol. The average Bonchev–Trinajstić information content (AvgIpc) is 3.41. The Morgan fingerprint density at radius 3 is 2.21 bits per heavy atom. The van der Waals surface area contributed by atoms with Gasteiger partial charge in [-0.15, -0.1) is 0 Å². The van der Waals surface area contributed by atoms with E-state index < -0.39 is 22.2 Å². The molecule has 0 atom stereocenters. The van der Waals surface area contributed by atoms with Crippen molar-refractivity contribution < 1.29 is 36.3 Å². The van der Waals surface area contributed by atoms with Gasteiger partial charge in [0.1, 0.15) is 5.84 Å². The van der Waals surface area contributed by atoms with E-state index in [0.717, 1.165) is 36.5 Å². The maximum atomic E-state index is 12.7. The number of halogens is 4. The Balaban J connectivity index is 0.000000638. The molecule has 2 aromatic rings. The number of aliphatic imine (C=N–C) groups is 1. The molecule has 0 saturated heterocycles. The summed E-state index contributed by atoms with van der Waals surface area (Å²) in [4.78, 5) is 27.6. The number of carboxylic acids is 1. The monoisotopic (exact) mass is 620 g/mol. The second-order valence-electron chi connectivity index (χ2n) is 8.23. The first-order valence-electron chi connectivity index (χ1n) is 11.4. The Kier molecular flexibility index (Phi) is 11.3. The quantitative estimate of drug-likeness (QED) is 0.444. The zero-order chi connectivity index (χ0) is 28.5. The molecular weight excluding hydrogens is 593 g/mol. The second-order valence-corrected chi connectivity index (χ2v) is 11.1. The maximum Gasteiger partial charge on any atom is 0.490 e. The molecule has 0 aliphatic carbocycles. The number of aliphatic carboxylic acids is 1. The number of likely N-dealkylation sites (N-methyl/N-ethyl adjacent to an activating group) is 1. The summed E-state index contributed by atoms with van der Waals surface area (Å²) in [5.41, 5.74) is 2.20. The second kappa shape index (κ2) is 13.7. The van der Waals surface area contributed by atoms with Crippen molar-refractivity contribution in [2.45, 2.75) is 23.9 Å². The molecule has 1 aliphatic rings. The highest BCUT2D eigenvalue weighted by molar-refractivity contribution is 9.10. The first kappa shape index (κ1) is 31.2. The summed E-state index contributed by atoms with van der Waals surface area (Å²) >= 11 is 3.28. The van der Waals surface area contributed by atoms with Crippen molar-refractivity contribution >= 4 is 43.7 Å². The summed E-state index contributed by atoms with van der Waals surface area (Å²) in [5, 5.41) is 10.4. The van der Waals surface area contributed by atoms with Crippen LogP contribution in [0.5, 0.6) is 0 Å². The zero-order valence-corrected chi connectivity index (χ0v) is 23.1. The molecule has 0 unspecified atom stereocenters. The summed E-state index contributed by atoms with van der Waals surface area (Å²) in [5.74, 6) is -1.91. The van der Waals surface area contributed by atoms with Crippen molar-refractivity contribution in [1.29, 1.82) is 0 Å². The Bertz CT molecular complexity index is 1250. The minimum absolute atomic E-state index is 0.0877. The number of amides is 1. The van der Waals surface area contributed by atoms with Gasteiger partial charge in [0.25, 0.3) is 0 Å². The average molecular weight is 621 g/mol. The van der Waals surface area contributed by atoms with Gasteiger partial charge in [0.2, 0.25) is 15.9 Å². The third kappa shape index (κ3) is 9.10. The summed E-state index contributed by atoms with van der Waals surface area (Å²) in [6.45, 7) is 2.38. The third-order valence-corrected chi connectivity index (χ3v) is 8.34. The van der Waals surface area contributed by atoms with Crippen LogP contribution in [-0.4, -0.2) is 86.9 Å². The number of hydrogen-bond acceptors (Lipinski definition) is 6. The summed E-state index contributed by atoms with van der Waals surface area (Å²) in [6, 6.07) is 14.8. The van der Waals surface area contributed by atoms with Crippen LogP contribution < -0.4 is 5.32 Å². The number of amidine groups is 1. The van der Waals surface area contributed by atoms with E-state index in [2.05, 4.69) is 26.2 Å². The van der Waals surface area contributed by atoms with Gasteiger partial charge in [-0.1, -0.05) is 36.4 Å². The van der Waals surface area contributed by atoms with Gasteiger partial charge >= 0.3 is 12.1 Å². The first-order chi connectivity index (χ1) is 17.7. The predicted octanol–water partition coefficient (Wildman–Crippen LogP) is 3.14. The molecule has 38 heavy (non-hydrogen) atoms. The molecule has 0 aromatic heterocycles. The Morgan fingerprint density at radius 2 is 1.68 bits per heavy atom. The smallest absolute Gasteiger partial charge is 0.475 e. The van der Waals surface area contributed by atoms with E-state index in [1.165, 1.54) is 11.4 Å². The minimum Gasteiger partial charge on any atom is -0.475 e. The van der Waals surface area contributed by atoms with Gasteiger partial charge in [0.05, 0.1) is 11.4 Å². The molecule has 1 aliphatic heterocycles. The molecule has 2 N–H and O–H groups in total. The molecule has 1 amide bonds. The molecule has 0 radical (unpaired) electrons. The fraction of sp³-hybridized carbons (Fsp3) is 0.375. The molecule has 14 heteroatoms. The molecule has 0 saturated carbocycles. The van der Waals surface area contributed by atoms with Crippen molar-refractivity contribution in [1.82, 2.24) is 14.5 Å². The number of hydrogen-bond donors (Lipinski definition) is 2. The summed E-state index contributed by atoms with van der Waals surface area (Å²) in [7, 11) is -0.417. The van der Waals surface area contributed by atoms with Crippen LogP contribution in [0.4, 0.5) is 13.2 Å². The van der Waals surface area contributed by atoms with Crippen LogP contribution >= 0.6 is 15.9 Å². The van der Waals surface area contributed by atoms with Crippen LogP contribution in [0.3, 0.4) is 0 Å². The van der Waals surface area contributed by atoms with E-state index in [1.807, 2.05) is 24.3 Å². The van der Waals surface area contributed by atoms with Crippen LogP contribution in [0.15, 0.2) is 62.9 Å². The normalized spacial score (nSPS) is 13.3. The van der Waals surface area contributed by atoms with Crippen molar-refractivity contribution in [2.24, 2.45) is 4.99 Å². The van der Waals surface area contributed by atoms with E-state index >= 15 is 0 Å². The fourth-order valence-corrected chi connectivity index (χ4v) is 5.36. The highest BCUT2D eigenvalue weighted by Crippen LogP contribution is 2.24. The van der Waals surface area contributed by atoms with Crippen LogP contribution in [0, 0.1) is 0 Å². The highest BCUT2D eigenvalue weighted by atomic mass is 79.9. The lowest BCUT2D eigenvalue weighted by atomic mass is 10.1. The van der Waals surface area contributed by atoms with E-state index in [1.54, 1.807) is 36.2 Å². The van der Waals surface area contributed by atoms with Crippen LogP contribution in [0.1, 0.15) is 17.5 Å². The Hall–Kier alpha value is -2.97. The number of carbonyl (C=O) groups is 2. The van der Waals surface area contributed by atoms with Crippen LogP contribution in [-0.2, 0) is 26.0 Å². The molecular formula is C24H28BrF3N4O5S. The fourth-order valence-electron chi connectivity index (χ4n) is 3.23. The summed E-state index contributed by atoms with van der Waals surface area (Å²) in [6.07, 6.45) is -4.23. The van der Waals surface area contributed by atoms with Crippen LogP contribution in [0.25, 0.3) is 0 Å². The molecule has 0 spiro atoms. The number of nitrogens with one attached hydrogen (secondary N) is 1. The first-order valence-corrected chi connectivity index (χ1v) is 13.6. The van der Waals surface area contributed by atoms with Gasteiger partial charge in [-0.2, -0.15) is 13.2 Å². The molecule has 0 bridgehead atoms. The number of alkyl halides is 3. The van der Waals surface area contributed by atoms with Gasteiger partial charge in [0, 0.05) is 50.2 Å². The number of carboxylic acid groups (broad SMARTS) is 1. The third-order valence-electron chi connectivity index (χ3n) is 5.47. The van der Waals surface area contributed by atoms with Gasteiger partial charge in [0.15, 0.2) is 0 Å². The van der Waals surface area contributed by atoms with Gasteiger partial charge in [-0.25, -0.2) is 17.5 Å². The molecule has 9 nitrogen and oxygen atoms in total. The van der Waals surface area contributed by atoms with Crippen molar-refractivity contribution in [2.75, 3.05) is 40.3 Å². The molecule has 208 valence electrons. The highest BCUT2D eigenvalue weighted by Gasteiger charge is 2.38. The number of benzene rings is 2. The molecule has 3 rings (SSSR count). The SMILES string of the molecule is CN(CCc1ccc(C2=NCCN2)cc1)C(=O)CCN(C)S(=O)(=O)c1ccccc1Br.O=C(O)C(F)(F)F. The minimum atomic E-state index is -5.08. The van der Waals surface area contributed by atoms with Gasteiger partial charge in [-0.3, -0.25) is 9.79 Å². The van der Waals surface area contributed by atoms with Gasteiger partial charge in [-0.05, 0) is 40.0 Å². The number of sulfonamides is 1. The standard InChI is InChI=1S/C22H27BrN4O3S.C2HF3O2/c1-26(15-11-17-7-9-18(10-8-17)22-24-13-14-25-22)21(28)12-16-27(2)31(29,30)20-6-4-3-5-19(20)23;3-2(4,5)1(6)7/h3-10H,11-16H2,1-2H3,(H,24,25);(H,6,7). The van der Waals surface area contributed by atoms with E-state index in [4.69, 9.17) is 9.90 Å². The Labute approximate surface area is 227 Å². The lowest BCUT2D eigenvalue weighted by molar-refractivity contribution is -0.192. The van der Waals surface area contributed by atoms with Crippen LogP contribution in [0.2, 0.25) is 0 Å². The Morgan fingerprint density at radius 1 is 1.08 bits per heavy atom. The lowest BCUT2D eigenvalue weighted by Crippen LogP contribution is -2.34. The zero-order valence-electron chi connectivity index (χ0n) is 20.7. The number of rotatable bonds is 9. The van der Waals surface area contributed by atoms with E-state index in [0.29, 0.717) is 11.0 Å². The van der Waals surface area contributed by atoms with Crippen molar-refractivity contribution in [3.63, 3.8) is 0 Å². The topological polar surface area (TPSA) is 119 Å². The maximum absolute atomic E-state index is 12.7. The molecule has 1 heterocycles. The lowest BCUT2D eigenvalue weighted by Gasteiger charge is -2.21. The van der Waals surface area contributed by atoms with E-state index in [9.17, 15) is 26.4 Å². The van der Waals surface area contributed by atoms with Gasteiger partial charge < -0.3 is 15.3 Å². The number of carbonyl (C=O) groups excluding carboxylic acids is 1. The largest absolute Gasteiger partial charge is 0.490 e. The van der Waals surface area contributed by atoms with E-state index in [-0.39, 0.29) is 23.8 Å². The van der Waals surface area contributed by atoms with Crippen molar-refractivity contribution in [3.05, 3.63) is 64.1 Å². The number of nitrogens with zero attached hydrogens (tertiary/aromatic N) is 3. The molecule has 0 fully saturated rings. The molecule has 2 aromatic carbocycles.